The average molecular weight is 409 g/mol. The largest absolute Gasteiger partial charge is 0.496 e. The molecule has 0 bridgehead atoms. The number of piperidine rings is 1. The molecule has 5 nitrogen and oxygen atoms in total. The van der Waals surface area contributed by atoms with Gasteiger partial charge in [0.05, 0.1) is 26.4 Å². The number of likely N-dealkylation sites (tertiary alicyclic amines) is 1. The van der Waals surface area contributed by atoms with Crippen LogP contribution in [-0.2, 0) is 11.3 Å². The fraction of sp³-hybridized carbons (Fsp3) is 0.440. The summed E-state index contributed by atoms with van der Waals surface area (Å²) in [6, 6.07) is 16.4. The van der Waals surface area contributed by atoms with E-state index in [4.69, 9.17) is 9.47 Å². The molecule has 0 aliphatic carbocycles. The number of nitrogens with zero attached hydrogens (tertiary/aromatic N) is 1. The van der Waals surface area contributed by atoms with Gasteiger partial charge in [-0.15, -0.1) is 0 Å². The van der Waals surface area contributed by atoms with Crippen LogP contribution in [0.2, 0.25) is 0 Å². The first-order valence-corrected chi connectivity index (χ1v) is 10.8. The van der Waals surface area contributed by atoms with Crippen LogP contribution in [-0.4, -0.2) is 54.4 Å². The van der Waals surface area contributed by atoms with Crippen molar-refractivity contribution in [1.82, 2.24) is 9.88 Å². The Bertz CT molecular complexity index is 960. The van der Waals surface area contributed by atoms with Gasteiger partial charge in [-0.25, -0.2) is 0 Å². The third-order valence-electron chi connectivity index (χ3n) is 6.17. The number of aromatic amines is 1. The highest BCUT2D eigenvalue weighted by Gasteiger charge is 2.25. The fourth-order valence-electron chi connectivity index (χ4n) is 4.71. The third kappa shape index (κ3) is 4.69. The fourth-order valence-corrected chi connectivity index (χ4v) is 4.71. The van der Waals surface area contributed by atoms with Gasteiger partial charge in [0.25, 0.3) is 0 Å². The Labute approximate surface area is 178 Å². The molecule has 160 valence electrons. The standard InChI is InChI=1S/C25H32N2O3/c1-18-25(22-8-4-5-9-23(22)26-18)19-11-13-27(14-12-19)15-21(28)17-30-16-20-7-3-6-10-24(20)29-2/h3-10,19,21,26,28H,11-17H2,1-2H3. The summed E-state index contributed by atoms with van der Waals surface area (Å²) in [7, 11) is 1.66. The lowest BCUT2D eigenvalue weighted by Crippen LogP contribution is -2.39. The number of aromatic nitrogens is 1. The van der Waals surface area contributed by atoms with Gasteiger partial charge >= 0.3 is 0 Å². The van der Waals surface area contributed by atoms with Crippen molar-refractivity contribution in [2.75, 3.05) is 33.4 Å². The maximum atomic E-state index is 10.4. The number of benzene rings is 2. The summed E-state index contributed by atoms with van der Waals surface area (Å²) in [5.41, 5.74) is 5.00. The van der Waals surface area contributed by atoms with Gasteiger partial charge in [-0.1, -0.05) is 36.4 Å². The number of β-amino-alcohol motifs (C(OH)–C–C–N with tert-alkyl or cyclic N) is 1. The second-order valence-corrected chi connectivity index (χ2v) is 8.26. The van der Waals surface area contributed by atoms with E-state index in [1.807, 2.05) is 24.3 Å². The third-order valence-corrected chi connectivity index (χ3v) is 6.17. The molecule has 2 aromatic carbocycles. The molecule has 4 rings (SSSR count). The van der Waals surface area contributed by atoms with Crippen LogP contribution in [0, 0.1) is 6.92 Å². The first kappa shape index (κ1) is 20.9. The van der Waals surface area contributed by atoms with Crippen LogP contribution < -0.4 is 4.74 Å². The zero-order valence-electron chi connectivity index (χ0n) is 17.9. The van der Waals surface area contributed by atoms with E-state index in [1.54, 1.807) is 7.11 Å². The first-order chi connectivity index (χ1) is 14.7. The van der Waals surface area contributed by atoms with E-state index in [-0.39, 0.29) is 0 Å². The van der Waals surface area contributed by atoms with Crippen molar-refractivity contribution >= 4 is 10.9 Å². The van der Waals surface area contributed by atoms with Gasteiger partial charge in [0.2, 0.25) is 0 Å². The number of aliphatic hydroxyl groups excluding tert-OH is 1. The first-order valence-electron chi connectivity index (χ1n) is 10.8. The molecule has 3 aromatic rings. The number of aliphatic hydroxyl groups is 1. The molecule has 1 aliphatic rings. The average Bonchev–Trinajstić information content (AvgIpc) is 3.10. The molecule has 2 N–H and O–H groups in total. The minimum Gasteiger partial charge on any atom is -0.496 e. The van der Waals surface area contributed by atoms with Gasteiger partial charge in [0, 0.05) is 28.7 Å². The molecule has 30 heavy (non-hydrogen) atoms. The highest BCUT2D eigenvalue weighted by atomic mass is 16.5. The van der Waals surface area contributed by atoms with Crippen molar-refractivity contribution < 1.29 is 14.6 Å². The normalized spacial score (nSPS) is 16.8. The molecular weight excluding hydrogens is 376 g/mol. The molecule has 1 atom stereocenters. The van der Waals surface area contributed by atoms with E-state index >= 15 is 0 Å². The number of nitrogens with one attached hydrogen (secondary N) is 1. The summed E-state index contributed by atoms with van der Waals surface area (Å²) in [6.45, 7) is 5.64. The minimum absolute atomic E-state index is 0.333. The zero-order chi connectivity index (χ0) is 20.9. The second-order valence-electron chi connectivity index (χ2n) is 8.26. The molecule has 1 fully saturated rings. The number of hydrogen-bond donors (Lipinski definition) is 2. The number of para-hydroxylation sites is 2. The molecule has 1 aromatic heterocycles. The predicted molar refractivity (Wildman–Crippen MR) is 120 cm³/mol. The Balaban J connectivity index is 1.25. The molecule has 2 heterocycles. The van der Waals surface area contributed by atoms with Crippen molar-refractivity contribution in [1.29, 1.82) is 0 Å². The summed E-state index contributed by atoms with van der Waals surface area (Å²) >= 11 is 0. The highest BCUT2D eigenvalue weighted by molar-refractivity contribution is 5.85. The van der Waals surface area contributed by atoms with Crippen molar-refractivity contribution in [2.45, 2.75) is 38.4 Å². The van der Waals surface area contributed by atoms with E-state index in [1.165, 1.54) is 22.2 Å². The summed E-state index contributed by atoms with van der Waals surface area (Å²) < 4.78 is 11.1. The molecule has 0 spiro atoms. The second kappa shape index (κ2) is 9.65. The lowest BCUT2D eigenvalue weighted by Gasteiger charge is -2.33. The molecule has 1 aliphatic heterocycles. The van der Waals surface area contributed by atoms with Gasteiger partial charge in [0.1, 0.15) is 5.75 Å². The number of hydrogen-bond acceptors (Lipinski definition) is 4. The summed E-state index contributed by atoms with van der Waals surface area (Å²) in [5, 5.41) is 11.8. The quantitative estimate of drug-likeness (QED) is 0.585. The van der Waals surface area contributed by atoms with Gasteiger partial charge in [0.15, 0.2) is 0 Å². The number of rotatable bonds is 8. The van der Waals surface area contributed by atoms with Crippen molar-refractivity contribution in [2.24, 2.45) is 0 Å². The molecule has 0 saturated carbocycles. The summed E-state index contributed by atoms with van der Waals surface area (Å²) in [5.74, 6) is 1.40. The predicted octanol–water partition coefficient (Wildman–Crippen LogP) is 4.24. The minimum atomic E-state index is -0.480. The molecule has 5 heteroatoms. The van der Waals surface area contributed by atoms with E-state index < -0.39 is 6.10 Å². The van der Waals surface area contributed by atoms with Crippen LogP contribution in [0.5, 0.6) is 5.75 Å². The van der Waals surface area contributed by atoms with Crippen LogP contribution in [0.25, 0.3) is 10.9 Å². The topological polar surface area (TPSA) is 57.7 Å². The van der Waals surface area contributed by atoms with Crippen LogP contribution in [0.1, 0.15) is 35.6 Å². The molecule has 1 saturated heterocycles. The molecule has 0 radical (unpaired) electrons. The number of fused-ring (bicyclic) bond motifs is 1. The number of H-pyrrole nitrogens is 1. The Morgan fingerprint density at radius 3 is 2.63 bits per heavy atom. The maximum absolute atomic E-state index is 10.4. The zero-order valence-corrected chi connectivity index (χ0v) is 17.9. The molecular formula is C25H32N2O3. The summed E-state index contributed by atoms with van der Waals surface area (Å²) in [6.07, 6.45) is 1.76. The maximum Gasteiger partial charge on any atom is 0.124 e. The summed E-state index contributed by atoms with van der Waals surface area (Å²) in [4.78, 5) is 5.89. The lowest BCUT2D eigenvalue weighted by molar-refractivity contribution is 0.00577. The van der Waals surface area contributed by atoms with Crippen molar-refractivity contribution in [3.05, 3.63) is 65.4 Å². The van der Waals surface area contributed by atoms with Crippen LogP contribution in [0.15, 0.2) is 48.5 Å². The highest BCUT2D eigenvalue weighted by Crippen LogP contribution is 2.35. The van der Waals surface area contributed by atoms with Crippen LogP contribution >= 0.6 is 0 Å². The van der Waals surface area contributed by atoms with E-state index in [9.17, 15) is 5.11 Å². The monoisotopic (exact) mass is 408 g/mol. The molecule has 0 amide bonds. The Hall–Kier alpha value is -2.34. The number of ether oxygens (including phenoxy) is 2. The molecule has 1 unspecified atom stereocenters. The number of methoxy groups -OCH3 is 1. The van der Waals surface area contributed by atoms with Gasteiger partial charge < -0.3 is 24.5 Å². The SMILES string of the molecule is COc1ccccc1COCC(O)CN1CCC(c2c(C)[nH]c3ccccc23)CC1. The lowest BCUT2D eigenvalue weighted by atomic mass is 9.87. The van der Waals surface area contributed by atoms with Gasteiger partial charge in [-0.2, -0.15) is 0 Å². The van der Waals surface area contributed by atoms with E-state index in [2.05, 4.69) is 41.1 Å². The van der Waals surface area contributed by atoms with Crippen molar-refractivity contribution in [3.63, 3.8) is 0 Å². The van der Waals surface area contributed by atoms with Gasteiger partial charge in [-0.05, 0) is 56.5 Å². The Morgan fingerprint density at radius 1 is 1.10 bits per heavy atom. The van der Waals surface area contributed by atoms with Gasteiger partial charge in [-0.3, -0.25) is 0 Å². The smallest absolute Gasteiger partial charge is 0.124 e. The van der Waals surface area contributed by atoms with Crippen LogP contribution in [0.3, 0.4) is 0 Å². The Morgan fingerprint density at radius 2 is 1.83 bits per heavy atom. The van der Waals surface area contributed by atoms with Crippen molar-refractivity contribution in [3.8, 4) is 5.75 Å². The number of aryl methyl sites for hydroxylation is 1. The van der Waals surface area contributed by atoms with E-state index in [0.717, 1.165) is 37.2 Å². The Kier molecular flexibility index (Phi) is 6.72. The van der Waals surface area contributed by atoms with E-state index in [0.29, 0.717) is 25.7 Å². The van der Waals surface area contributed by atoms with Crippen LogP contribution in [0.4, 0.5) is 0 Å².